The molecule has 0 radical (unpaired) electrons. The van der Waals surface area contributed by atoms with Crippen LogP contribution in [0.1, 0.15) is 46.0 Å². The first kappa shape index (κ1) is 13.9. The van der Waals surface area contributed by atoms with Crippen LogP contribution in [0.4, 0.5) is 0 Å². The summed E-state index contributed by atoms with van der Waals surface area (Å²) in [5, 5.41) is -0.207. The molecule has 102 valence electrons. The minimum absolute atomic E-state index is 0.0132. The summed E-state index contributed by atoms with van der Waals surface area (Å²) in [5.74, 6) is 0.732. The summed E-state index contributed by atoms with van der Waals surface area (Å²) in [5.41, 5.74) is 5.62. The summed E-state index contributed by atoms with van der Waals surface area (Å²) in [6, 6.07) is 0.168. The van der Waals surface area contributed by atoms with E-state index < -0.39 is 0 Å². The van der Waals surface area contributed by atoms with Crippen LogP contribution in [0.2, 0.25) is 0 Å². The number of hydrogen-bond acceptors (Lipinski definition) is 4. The van der Waals surface area contributed by atoms with Crippen molar-refractivity contribution in [1.29, 1.82) is 0 Å². The summed E-state index contributed by atoms with van der Waals surface area (Å²) >= 11 is 1.53. The smallest absolute Gasteiger partial charge is 0.243 e. The molecule has 1 unspecified atom stereocenters. The first-order chi connectivity index (χ1) is 8.38. The third-order valence-electron chi connectivity index (χ3n) is 3.49. The molecule has 18 heavy (non-hydrogen) atoms. The molecule has 1 saturated carbocycles. The molecule has 2 N–H and O–H groups in total. The Bertz CT molecular complexity index is 345. The second kappa shape index (κ2) is 5.21. The lowest BCUT2D eigenvalue weighted by atomic mass is 10.1. The molecular weight excluding hydrogens is 248 g/mol. The van der Waals surface area contributed by atoms with Crippen LogP contribution in [0.3, 0.4) is 0 Å². The quantitative estimate of drug-likeness (QED) is 0.787. The molecule has 0 aromatic carbocycles. The number of imide groups is 1. The molecule has 1 atom stereocenters. The molecule has 1 aliphatic heterocycles. The Morgan fingerprint density at radius 3 is 2.50 bits per heavy atom. The maximum absolute atomic E-state index is 12.3. The highest BCUT2D eigenvalue weighted by Crippen LogP contribution is 2.33. The lowest BCUT2D eigenvalue weighted by Gasteiger charge is -2.23. The van der Waals surface area contributed by atoms with Crippen LogP contribution < -0.4 is 5.73 Å². The molecule has 1 aliphatic carbocycles. The fourth-order valence-electron chi connectivity index (χ4n) is 2.61. The van der Waals surface area contributed by atoms with Crippen LogP contribution in [0.25, 0.3) is 0 Å². The molecular formula is C13H22N2O2S. The number of rotatable bonds is 4. The van der Waals surface area contributed by atoms with Gasteiger partial charge in [0, 0.05) is 23.8 Å². The van der Waals surface area contributed by atoms with Crippen LogP contribution in [-0.4, -0.2) is 39.3 Å². The van der Waals surface area contributed by atoms with E-state index in [-0.39, 0.29) is 28.6 Å². The Morgan fingerprint density at radius 1 is 1.33 bits per heavy atom. The van der Waals surface area contributed by atoms with Crippen LogP contribution in [0.15, 0.2) is 0 Å². The monoisotopic (exact) mass is 270 g/mol. The van der Waals surface area contributed by atoms with Crippen molar-refractivity contribution in [2.24, 2.45) is 5.73 Å². The number of likely N-dealkylation sites (tertiary alicyclic amines) is 1. The molecule has 2 fully saturated rings. The standard InChI is InChI=1S/C13H22N2O2S/c1-13(2,14)8-18-10-7-11(16)15(12(10)17)9-5-3-4-6-9/h9-10H,3-8,14H2,1-2H3. The van der Waals surface area contributed by atoms with Gasteiger partial charge in [-0.25, -0.2) is 0 Å². The summed E-state index contributed by atoms with van der Waals surface area (Å²) in [7, 11) is 0. The van der Waals surface area contributed by atoms with Crippen molar-refractivity contribution in [1.82, 2.24) is 4.90 Å². The Balaban J connectivity index is 1.96. The predicted octanol–water partition coefficient (Wildman–Crippen LogP) is 1.53. The van der Waals surface area contributed by atoms with E-state index in [0.717, 1.165) is 25.7 Å². The third kappa shape index (κ3) is 3.06. The van der Waals surface area contributed by atoms with E-state index in [0.29, 0.717) is 12.2 Å². The fraction of sp³-hybridized carbons (Fsp3) is 0.846. The molecule has 2 aliphatic rings. The van der Waals surface area contributed by atoms with Crippen LogP contribution in [-0.2, 0) is 9.59 Å². The van der Waals surface area contributed by atoms with Crippen molar-refractivity contribution >= 4 is 23.6 Å². The van der Waals surface area contributed by atoms with Gasteiger partial charge in [0.05, 0.1) is 5.25 Å². The van der Waals surface area contributed by atoms with Gasteiger partial charge in [-0.2, -0.15) is 0 Å². The zero-order chi connectivity index (χ0) is 13.3. The lowest BCUT2D eigenvalue weighted by molar-refractivity contribution is -0.140. The molecule has 2 rings (SSSR count). The van der Waals surface area contributed by atoms with Gasteiger partial charge in [0.1, 0.15) is 0 Å². The molecule has 0 aromatic rings. The SMILES string of the molecule is CC(C)(N)CSC1CC(=O)N(C2CCCC2)C1=O. The molecule has 0 bridgehead atoms. The highest BCUT2D eigenvalue weighted by molar-refractivity contribution is 8.00. The number of carbonyl (C=O) groups is 2. The fourth-order valence-corrected chi connectivity index (χ4v) is 3.76. The first-order valence-corrected chi connectivity index (χ1v) is 7.70. The van der Waals surface area contributed by atoms with Gasteiger partial charge in [-0.05, 0) is 26.7 Å². The summed E-state index contributed by atoms with van der Waals surface area (Å²) < 4.78 is 0. The van der Waals surface area contributed by atoms with E-state index in [4.69, 9.17) is 5.73 Å². The van der Waals surface area contributed by atoms with Gasteiger partial charge in [-0.3, -0.25) is 14.5 Å². The summed E-state index contributed by atoms with van der Waals surface area (Å²) in [6.45, 7) is 3.88. The Kier molecular flexibility index (Phi) is 4.02. The third-order valence-corrected chi connectivity index (χ3v) is 5.17. The van der Waals surface area contributed by atoms with Gasteiger partial charge in [-0.1, -0.05) is 12.8 Å². The van der Waals surface area contributed by atoms with E-state index in [1.54, 1.807) is 0 Å². The van der Waals surface area contributed by atoms with Gasteiger partial charge in [0.25, 0.3) is 0 Å². The van der Waals surface area contributed by atoms with E-state index >= 15 is 0 Å². The average molecular weight is 270 g/mol. The molecule has 0 spiro atoms. The van der Waals surface area contributed by atoms with E-state index in [1.807, 2.05) is 13.8 Å². The molecule has 4 nitrogen and oxygen atoms in total. The minimum Gasteiger partial charge on any atom is -0.325 e. The molecule has 0 aromatic heterocycles. The van der Waals surface area contributed by atoms with E-state index in [1.165, 1.54) is 16.7 Å². The number of hydrogen-bond donors (Lipinski definition) is 1. The predicted molar refractivity (Wildman–Crippen MR) is 73.2 cm³/mol. The van der Waals surface area contributed by atoms with Crippen molar-refractivity contribution in [2.45, 2.75) is 62.8 Å². The van der Waals surface area contributed by atoms with Gasteiger partial charge < -0.3 is 5.73 Å². The van der Waals surface area contributed by atoms with Crippen molar-refractivity contribution in [2.75, 3.05) is 5.75 Å². The van der Waals surface area contributed by atoms with Crippen molar-refractivity contribution < 1.29 is 9.59 Å². The number of thioether (sulfide) groups is 1. The van der Waals surface area contributed by atoms with Crippen molar-refractivity contribution in [3.05, 3.63) is 0 Å². The van der Waals surface area contributed by atoms with Crippen LogP contribution >= 0.6 is 11.8 Å². The summed E-state index contributed by atoms with van der Waals surface area (Å²) in [6.07, 6.45) is 4.59. The molecule has 5 heteroatoms. The Labute approximate surface area is 113 Å². The van der Waals surface area contributed by atoms with Gasteiger partial charge in [0.15, 0.2) is 0 Å². The van der Waals surface area contributed by atoms with Crippen LogP contribution in [0, 0.1) is 0 Å². The topological polar surface area (TPSA) is 63.4 Å². The van der Waals surface area contributed by atoms with E-state index in [2.05, 4.69) is 0 Å². The highest BCUT2D eigenvalue weighted by atomic mass is 32.2. The maximum atomic E-state index is 12.3. The zero-order valence-electron chi connectivity index (χ0n) is 11.1. The molecule has 1 saturated heterocycles. The minimum atomic E-state index is -0.297. The average Bonchev–Trinajstić information content (AvgIpc) is 2.83. The highest BCUT2D eigenvalue weighted by Gasteiger charge is 2.43. The van der Waals surface area contributed by atoms with Gasteiger partial charge in [0.2, 0.25) is 11.8 Å². The normalized spacial score (nSPS) is 26.4. The largest absolute Gasteiger partial charge is 0.325 e. The summed E-state index contributed by atoms with van der Waals surface area (Å²) in [4.78, 5) is 25.8. The van der Waals surface area contributed by atoms with Gasteiger partial charge in [-0.15, -0.1) is 11.8 Å². The van der Waals surface area contributed by atoms with Gasteiger partial charge >= 0.3 is 0 Å². The van der Waals surface area contributed by atoms with E-state index in [9.17, 15) is 9.59 Å². The molecule has 2 amide bonds. The number of nitrogens with two attached hydrogens (primary N) is 1. The maximum Gasteiger partial charge on any atom is 0.243 e. The van der Waals surface area contributed by atoms with Crippen LogP contribution in [0.5, 0.6) is 0 Å². The number of nitrogens with zero attached hydrogens (tertiary/aromatic N) is 1. The Morgan fingerprint density at radius 2 is 1.94 bits per heavy atom. The lowest BCUT2D eigenvalue weighted by Crippen LogP contribution is -2.40. The second-order valence-electron chi connectivity index (χ2n) is 6.03. The number of amides is 2. The van der Waals surface area contributed by atoms with Crippen molar-refractivity contribution in [3.8, 4) is 0 Å². The first-order valence-electron chi connectivity index (χ1n) is 6.65. The second-order valence-corrected chi connectivity index (χ2v) is 7.22. The number of carbonyl (C=O) groups excluding carboxylic acids is 2. The van der Waals surface area contributed by atoms with Crippen molar-refractivity contribution in [3.63, 3.8) is 0 Å². The Hall–Kier alpha value is -0.550. The molecule has 1 heterocycles. The zero-order valence-corrected chi connectivity index (χ0v) is 12.0.